The Morgan fingerprint density at radius 3 is 2.25 bits per heavy atom. The molecule has 0 aromatic heterocycles. The second-order valence-electron chi connectivity index (χ2n) is 3.23. The van der Waals surface area contributed by atoms with Gasteiger partial charge in [-0.2, -0.15) is 0 Å². The summed E-state index contributed by atoms with van der Waals surface area (Å²) >= 11 is 0. The molecular formula is C7H9FO4. The first-order chi connectivity index (χ1) is 5.56. The molecule has 2 rings (SSSR count). The normalized spacial score (nSPS) is 30.1. The molecule has 0 unspecified atom stereocenters. The second kappa shape index (κ2) is 2.17. The summed E-state index contributed by atoms with van der Waals surface area (Å²) in [6, 6.07) is 0. The maximum absolute atomic E-state index is 13.2. The van der Waals surface area contributed by atoms with E-state index in [0.717, 1.165) is 0 Å². The van der Waals surface area contributed by atoms with Crippen LogP contribution in [0.25, 0.3) is 0 Å². The number of halogens is 1. The van der Waals surface area contributed by atoms with Crippen molar-refractivity contribution in [2.45, 2.75) is 24.3 Å². The van der Waals surface area contributed by atoms with Gasteiger partial charge in [0.15, 0.2) is 5.79 Å². The topological polar surface area (TPSA) is 55.8 Å². The fraction of sp³-hybridized carbons (Fsp3) is 0.857. The van der Waals surface area contributed by atoms with Crippen LogP contribution >= 0.6 is 0 Å². The van der Waals surface area contributed by atoms with Gasteiger partial charge in [0.1, 0.15) is 0 Å². The summed E-state index contributed by atoms with van der Waals surface area (Å²) in [5, 5.41) is 8.45. The van der Waals surface area contributed by atoms with E-state index in [1.807, 2.05) is 0 Å². The molecule has 0 amide bonds. The summed E-state index contributed by atoms with van der Waals surface area (Å²) in [7, 11) is 0. The highest BCUT2D eigenvalue weighted by Gasteiger charge is 2.63. The van der Waals surface area contributed by atoms with Gasteiger partial charge in [-0.25, -0.2) is 9.18 Å². The highest BCUT2D eigenvalue weighted by atomic mass is 19.1. The van der Waals surface area contributed by atoms with Crippen LogP contribution in [-0.4, -0.2) is 35.7 Å². The van der Waals surface area contributed by atoms with Gasteiger partial charge in [0, 0.05) is 12.8 Å². The zero-order valence-corrected chi connectivity index (χ0v) is 6.38. The molecule has 0 aromatic rings. The van der Waals surface area contributed by atoms with Crippen LogP contribution in [-0.2, 0) is 14.3 Å². The molecular weight excluding hydrogens is 167 g/mol. The molecule has 2 aliphatic rings. The lowest BCUT2D eigenvalue weighted by Crippen LogP contribution is -2.58. The number of alkyl halides is 1. The van der Waals surface area contributed by atoms with Crippen molar-refractivity contribution in [3.05, 3.63) is 0 Å². The summed E-state index contributed by atoms with van der Waals surface area (Å²) < 4.78 is 23.4. The molecule has 1 saturated carbocycles. The van der Waals surface area contributed by atoms with Crippen LogP contribution in [0.2, 0.25) is 0 Å². The average molecular weight is 176 g/mol. The van der Waals surface area contributed by atoms with E-state index < -0.39 is 17.4 Å². The van der Waals surface area contributed by atoms with Gasteiger partial charge in [-0.15, -0.1) is 0 Å². The Labute approximate surface area is 68.3 Å². The predicted octanol–water partition coefficient (Wildman–Crippen LogP) is 0.316. The van der Waals surface area contributed by atoms with Crippen LogP contribution in [0.5, 0.6) is 0 Å². The Kier molecular flexibility index (Phi) is 1.44. The highest BCUT2D eigenvalue weighted by Crippen LogP contribution is 2.49. The summed E-state index contributed by atoms with van der Waals surface area (Å²) in [6.07, 6.45) is -0.370. The Bertz CT molecular complexity index is 213. The second-order valence-corrected chi connectivity index (χ2v) is 3.23. The van der Waals surface area contributed by atoms with Gasteiger partial charge in [0.2, 0.25) is 5.67 Å². The summed E-state index contributed by atoms with van der Waals surface area (Å²) in [6.45, 7) is 0.853. The molecule has 0 aromatic carbocycles. The predicted molar refractivity (Wildman–Crippen MR) is 35.3 cm³/mol. The van der Waals surface area contributed by atoms with Gasteiger partial charge in [-0.05, 0) is 0 Å². The highest BCUT2D eigenvalue weighted by molar-refractivity contribution is 5.79. The summed E-state index contributed by atoms with van der Waals surface area (Å²) in [5.41, 5.74) is -2.13. The molecule has 1 saturated heterocycles. The van der Waals surface area contributed by atoms with Crippen molar-refractivity contribution in [1.82, 2.24) is 0 Å². The number of carboxylic acid groups (broad SMARTS) is 1. The largest absolute Gasteiger partial charge is 0.479 e. The molecule has 1 spiro atoms. The van der Waals surface area contributed by atoms with Crippen molar-refractivity contribution in [1.29, 1.82) is 0 Å². The van der Waals surface area contributed by atoms with Gasteiger partial charge in [-0.1, -0.05) is 0 Å². The minimum atomic E-state index is -2.13. The Hall–Kier alpha value is -0.680. The molecule has 0 radical (unpaired) electrons. The van der Waals surface area contributed by atoms with Crippen LogP contribution in [0, 0.1) is 0 Å². The lowest BCUT2D eigenvalue weighted by molar-refractivity contribution is -0.264. The lowest BCUT2D eigenvalue weighted by Gasteiger charge is -2.44. The van der Waals surface area contributed by atoms with Crippen molar-refractivity contribution < 1.29 is 23.8 Å². The van der Waals surface area contributed by atoms with Crippen LogP contribution in [0.15, 0.2) is 0 Å². The molecule has 0 bridgehead atoms. The number of carbonyl (C=O) groups is 1. The fourth-order valence-corrected chi connectivity index (χ4v) is 1.65. The van der Waals surface area contributed by atoms with Crippen molar-refractivity contribution >= 4 is 5.97 Å². The standard InChI is InChI=1S/C7H9FO4/c8-6(5(9)10)3-7(4-6)11-1-2-12-7/h1-4H2,(H,9,10). The van der Waals surface area contributed by atoms with Crippen molar-refractivity contribution in [2.24, 2.45) is 0 Å². The molecule has 12 heavy (non-hydrogen) atoms. The minimum absolute atomic E-state index is 0.185. The molecule has 1 aliphatic carbocycles. The minimum Gasteiger partial charge on any atom is -0.479 e. The average Bonchev–Trinajstić information content (AvgIpc) is 2.34. The maximum Gasteiger partial charge on any atom is 0.341 e. The number of carboxylic acids is 1. The number of ether oxygens (including phenoxy) is 2. The van der Waals surface area contributed by atoms with Crippen molar-refractivity contribution in [2.75, 3.05) is 13.2 Å². The lowest BCUT2D eigenvalue weighted by atomic mass is 9.76. The molecule has 1 N–H and O–H groups in total. The molecule has 0 atom stereocenters. The Morgan fingerprint density at radius 2 is 1.83 bits per heavy atom. The van der Waals surface area contributed by atoms with E-state index in [9.17, 15) is 9.18 Å². The molecule has 1 heterocycles. The van der Waals surface area contributed by atoms with E-state index in [4.69, 9.17) is 14.6 Å². The first kappa shape index (κ1) is 7.94. The first-order valence-electron chi connectivity index (χ1n) is 3.77. The Morgan fingerprint density at radius 1 is 1.33 bits per heavy atom. The number of aliphatic carboxylic acids is 1. The smallest absolute Gasteiger partial charge is 0.341 e. The van der Waals surface area contributed by atoms with Crippen molar-refractivity contribution in [3.63, 3.8) is 0 Å². The van der Waals surface area contributed by atoms with Crippen LogP contribution < -0.4 is 0 Å². The van der Waals surface area contributed by atoms with Gasteiger partial charge in [-0.3, -0.25) is 0 Å². The van der Waals surface area contributed by atoms with E-state index in [0.29, 0.717) is 13.2 Å². The monoisotopic (exact) mass is 176 g/mol. The SMILES string of the molecule is O=C(O)C1(F)CC2(C1)OCCO2. The zero-order chi connectivity index (χ0) is 8.82. The van der Waals surface area contributed by atoms with E-state index in [-0.39, 0.29) is 12.8 Å². The van der Waals surface area contributed by atoms with Crippen LogP contribution in [0.4, 0.5) is 4.39 Å². The Balaban J connectivity index is 2.01. The molecule has 68 valence electrons. The number of hydrogen-bond acceptors (Lipinski definition) is 3. The van der Waals surface area contributed by atoms with Crippen LogP contribution in [0.3, 0.4) is 0 Å². The van der Waals surface area contributed by atoms with Gasteiger partial charge < -0.3 is 14.6 Å². The molecule has 4 nitrogen and oxygen atoms in total. The van der Waals surface area contributed by atoms with E-state index >= 15 is 0 Å². The number of rotatable bonds is 1. The quantitative estimate of drug-likeness (QED) is 0.625. The third-order valence-corrected chi connectivity index (χ3v) is 2.30. The number of hydrogen-bond donors (Lipinski definition) is 1. The zero-order valence-electron chi connectivity index (χ0n) is 6.38. The van der Waals surface area contributed by atoms with Gasteiger partial charge in [0.25, 0.3) is 0 Å². The van der Waals surface area contributed by atoms with E-state index in [2.05, 4.69) is 0 Å². The first-order valence-corrected chi connectivity index (χ1v) is 3.77. The summed E-state index contributed by atoms with van der Waals surface area (Å²) in [5.74, 6) is -2.35. The van der Waals surface area contributed by atoms with Crippen LogP contribution in [0.1, 0.15) is 12.8 Å². The molecule has 1 aliphatic heterocycles. The molecule has 2 fully saturated rings. The van der Waals surface area contributed by atoms with Crippen molar-refractivity contribution in [3.8, 4) is 0 Å². The van der Waals surface area contributed by atoms with E-state index in [1.165, 1.54) is 0 Å². The summed E-state index contributed by atoms with van der Waals surface area (Å²) in [4.78, 5) is 10.4. The van der Waals surface area contributed by atoms with Gasteiger partial charge in [0.05, 0.1) is 13.2 Å². The maximum atomic E-state index is 13.2. The van der Waals surface area contributed by atoms with Gasteiger partial charge >= 0.3 is 5.97 Å². The molecule has 5 heteroatoms. The van der Waals surface area contributed by atoms with E-state index in [1.54, 1.807) is 0 Å². The third-order valence-electron chi connectivity index (χ3n) is 2.30. The fourth-order valence-electron chi connectivity index (χ4n) is 1.65. The third kappa shape index (κ3) is 0.931.